The first kappa shape index (κ1) is 15.4. The van der Waals surface area contributed by atoms with Gasteiger partial charge in [0.25, 0.3) is 5.88 Å². The minimum absolute atomic E-state index is 0.0466. The van der Waals surface area contributed by atoms with Crippen LogP contribution < -0.4 is 19.5 Å². The van der Waals surface area contributed by atoms with Crippen LogP contribution in [0.25, 0.3) is 0 Å². The number of benzene rings is 1. The monoisotopic (exact) mass is 315 g/mol. The van der Waals surface area contributed by atoms with Crippen molar-refractivity contribution in [3.63, 3.8) is 0 Å². The Morgan fingerprint density at radius 3 is 2.74 bits per heavy atom. The van der Waals surface area contributed by atoms with E-state index in [0.717, 1.165) is 23.5 Å². The SMILES string of the molecule is CC(C)Oc1nccnc1NCc1ccc2c(c1)OCCCO2. The van der Waals surface area contributed by atoms with E-state index < -0.39 is 0 Å². The molecule has 0 spiro atoms. The van der Waals surface area contributed by atoms with Crippen LogP contribution in [0.4, 0.5) is 5.82 Å². The fourth-order valence-corrected chi connectivity index (χ4v) is 2.26. The lowest BCUT2D eigenvalue weighted by Gasteiger charge is -2.14. The molecule has 0 bridgehead atoms. The Hall–Kier alpha value is -2.50. The van der Waals surface area contributed by atoms with Crippen molar-refractivity contribution in [3.8, 4) is 17.4 Å². The van der Waals surface area contributed by atoms with Gasteiger partial charge in [0.15, 0.2) is 17.3 Å². The van der Waals surface area contributed by atoms with Crippen molar-refractivity contribution in [2.24, 2.45) is 0 Å². The Kier molecular flexibility index (Phi) is 4.80. The summed E-state index contributed by atoms with van der Waals surface area (Å²) in [5, 5.41) is 3.26. The molecule has 0 fully saturated rings. The molecule has 122 valence electrons. The molecule has 0 saturated carbocycles. The van der Waals surface area contributed by atoms with Crippen LogP contribution >= 0.6 is 0 Å². The van der Waals surface area contributed by atoms with Crippen molar-refractivity contribution in [2.75, 3.05) is 18.5 Å². The lowest BCUT2D eigenvalue weighted by atomic mass is 10.2. The summed E-state index contributed by atoms with van der Waals surface area (Å²) >= 11 is 0. The second-order valence-electron chi connectivity index (χ2n) is 5.56. The highest BCUT2D eigenvalue weighted by atomic mass is 16.5. The van der Waals surface area contributed by atoms with Gasteiger partial charge in [-0.15, -0.1) is 0 Å². The van der Waals surface area contributed by atoms with Gasteiger partial charge in [-0.1, -0.05) is 6.07 Å². The molecule has 6 heteroatoms. The fourth-order valence-electron chi connectivity index (χ4n) is 2.26. The van der Waals surface area contributed by atoms with Crippen molar-refractivity contribution < 1.29 is 14.2 Å². The van der Waals surface area contributed by atoms with Crippen molar-refractivity contribution in [1.29, 1.82) is 0 Å². The second-order valence-corrected chi connectivity index (χ2v) is 5.56. The highest BCUT2D eigenvalue weighted by molar-refractivity contribution is 5.47. The zero-order chi connectivity index (χ0) is 16.1. The normalized spacial score (nSPS) is 13.5. The number of hydrogen-bond donors (Lipinski definition) is 1. The van der Waals surface area contributed by atoms with Gasteiger partial charge < -0.3 is 19.5 Å². The van der Waals surface area contributed by atoms with E-state index >= 15 is 0 Å². The molecule has 0 unspecified atom stereocenters. The van der Waals surface area contributed by atoms with E-state index in [0.29, 0.717) is 31.5 Å². The van der Waals surface area contributed by atoms with E-state index in [1.807, 2.05) is 32.0 Å². The number of rotatable bonds is 5. The van der Waals surface area contributed by atoms with Gasteiger partial charge >= 0.3 is 0 Å². The third kappa shape index (κ3) is 4.03. The topological polar surface area (TPSA) is 65.5 Å². The van der Waals surface area contributed by atoms with Crippen molar-refractivity contribution >= 4 is 5.82 Å². The minimum Gasteiger partial charge on any atom is -0.490 e. The van der Waals surface area contributed by atoms with Crippen LogP contribution in [0.15, 0.2) is 30.6 Å². The average Bonchev–Trinajstić information content (AvgIpc) is 2.78. The van der Waals surface area contributed by atoms with Gasteiger partial charge in [-0.3, -0.25) is 0 Å². The smallest absolute Gasteiger partial charge is 0.257 e. The van der Waals surface area contributed by atoms with Gasteiger partial charge in [-0.25, -0.2) is 9.97 Å². The molecule has 0 radical (unpaired) electrons. The molecule has 0 amide bonds. The van der Waals surface area contributed by atoms with Crippen LogP contribution in [0.5, 0.6) is 17.4 Å². The van der Waals surface area contributed by atoms with E-state index in [1.165, 1.54) is 0 Å². The lowest BCUT2D eigenvalue weighted by Crippen LogP contribution is -2.11. The second kappa shape index (κ2) is 7.17. The molecule has 2 aromatic rings. The first-order valence-electron chi connectivity index (χ1n) is 7.82. The van der Waals surface area contributed by atoms with E-state index in [-0.39, 0.29) is 6.10 Å². The van der Waals surface area contributed by atoms with Crippen LogP contribution in [-0.2, 0) is 6.54 Å². The maximum absolute atomic E-state index is 5.71. The summed E-state index contributed by atoms with van der Waals surface area (Å²) < 4.78 is 17.0. The van der Waals surface area contributed by atoms with E-state index in [2.05, 4.69) is 15.3 Å². The van der Waals surface area contributed by atoms with Gasteiger partial charge in [0.2, 0.25) is 0 Å². The molecule has 1 N–H and O–H groups in total. The number of anilines is 1. The molecule has 3 rings (SSSR count). The molecular weight excluding hydrogens is 294 g/mol. The van der Waals surface area contributed by atoms with Gasteiger partial charge in [-0.2, -0.15) is 0 Å². The van der Waals surface area contributed by atoms with Gasteiger partial charge in [0.1, 0.15) is 0 Å². The number of nitrogens with one attached hydrogen (secondary N) is 1. The predicted molar refractivity (Wildman–Crippen MR) is 87.2 cm³/mol. The average molecular weight is 315 g/mol. The van der Waals surface area contributed by atoms with Crippen LogP contribution in [-0.4, -0.2) is 29.3 Å². The molecule has 6 nitrogen and oxygen atoms in total. The summed E-state index contributed by atoms with van der Waals surface area (Å²) in [6.07, 6.45) is 4.21. The van der Waals surface area contributed by atoms with E-state index in [1.54, 1.807) is 12.4 Å². The molecule has 1 aliphatic rings. The predicted octanol–water partition coefficient (Wildman–Crippen LogP) is 3.04. The van der Waals surface area contributed by atoms with Gasteiger partial charge in [-0.05, 0) is 31.5 Å². The standard InChI is InChI=1S/C17H21N3O3/c1-12(2)23-17-16(18-6-7-19-17)20-11-13-4-5-14-15(10-13)22-9-3-8-21-14/h4-7,10,12H,3,8-9,11H2,1-2H3,(H,18,20). The van der Waals surface area contributed by atoms with Crippen molar-refractivity contribution in [1.82, 2.24) is 9.97 Å². The summed E-state index contributed by atoms with van der Waals surface area (Å²) in [4.78, 5) is 8.52. The van der Waals surface area contributed by atoms with Gasteiger partial charge in [0.05, 0.1) is 19.3 Å². The van der Waals surface area contributed by atoms with Crippen molar-refractivity contribution in [3.05, 3.63) is 36.2 Å². The first-order valence-corrected chi connectivity index (χ1v) is 7.82. The van der Waals surface area contributed by atoms with Crippen LogP contribution in [0.2, 0.25) is 0 Å². The Balaban J connectivity index is 1.70. The maximum Gasteiger partial charge on any atom is 0.257 e. The Labute approximate surface area is 135 Å². The first-order chi connectivity index (χ1) is 11.2. The largest absolute Gasteiger partial charge is 0.490 e. The molecule has 0 atom stereocenters. The number of fused-ring (bicyclic) bond motifs is 1. The molecule has 1 aromatic heterocycles. The highest BCUT2D eigenvalue weighted by Crippen LogP contribution is 2.30. The minimum atomic E-state index is 0.0466. The summed E-state index contributed by atoms with van der Waals surface area (Å²) in [5.41, 5.74) is 1.08. The maximum atomic E-state index is 5.71. The summed E-state index contributed by atoms with van der Waals surface area (Å²) in [7, 11) is 0. The number of hydrogen-bond acceptors (Lipinski definition) is 6. The molecule has 0 saturated heterocycles. The highest BCUT2D eigenvalue weighted by Gasteiger charge is 2.12. The Morgan fingerprint density at radius 1 is 1.13 bits per heavy atom. The summed E-state index contributed by atoms with van der Waals surface area (Å²) in [6, 6.07) is 5.95. The van der Waals surface area contributed by atoms with E-state index in [4.69, 9.17) is 14.2 Å². The Morgan fingerprint density at radius 2 is 1.91 bits per heavy atom. The lowest BCUT2D eigenvalue weighted by molar-refractivity contribution is 0.233. The third-order valence-electron chi connectivity index (χ3n) is 3.28. The quantitative estimate of drug-likeness (QED) is 0.915. The zero-order valence-corrected chi connectivity index (χ0v) is 13.4. The van der Waals surface area contributed by atoms with E-state index in [9.17, 15) is 0 Å². The third-order valence-corrected chi connectivity index (χ3v) is 3.28. The van der Waals surface area contributed by atoms with Crippen LogP contribution in [0, 0.1) is 0 Å². The van der Waals surface area contributed by atoms with Crippen LogP contribution in [0.1, 0.15) is 25.8 Å². The summed E-state index contributed by atoms with van der Waals surface area (Å²) in [5.74, 6) is 2.74. The number of nitrogens with zero attached hydrogens (tertiary/aromatic N) is 2. The number of ether oxygens (including phenoxy) is 3. The summed E-state index contributed by atoms with van der Waals surface area (Å²) in [6.45, 7) is 5.90. The van der Waals surface area contributed by atoms with Gasteiger partial charge in [0, 0.05) is 25.4 Å². The Bertz CT molecular complexity index is 661. The molecule has 1 aliphatic heterocycles. The van der Waals surface area contributed by atoms with Crippen molar-refractivity contribution in [2.45, 2.75) is 32.9 Å². The molecular formula is C17H21N3O3. The van der Waals surface area contributed by atoms with Crippen LogP contribution in [0.3, 0.4) is 0 Å². The molecule has 2 heterocycles. The molecule has 0 aliphatic carbocycles. The number of aromatic nitrogens is 2. The molecule has 23 heavy (non-hydrogen) atoms. The molecule has 1 aromatic carbocycles. The fraction of sp³-hybridized carbons (Fsp3) is 0.412. The zero-order valence-electron chi connectivity index (χ0n) is 13.4.